The molecule has 0 aromatic rings. The van der Waals surface area contributed by atoms with Crippen molar-refractivity contribution in [1.29, 1.82) is 0 Å². The highest BCUT2D eigenvalue weighted by Gasteiger charge is 2.50. The molecule has 1 unspecified atom stereocenters. The summed E-state index contributed by atoms with van der Waals surface area (Å²) in [5.41, 5.74) is 5.45. The number of carbonyl (C=O) groups is 1. The Labute approximate surface area is 72.3 Å². The lowest BCUT2D eigenvalue weighted by atomic mass is 9.90. The summed E-state index contributed by atoms with van der Waals surface area (Å²) in [7, 11) is 0. The largest absolute Gasteiger partial charge is 0.381 e. The normalized spacial score (nSPS) is 31.9. The van der Waals surface area contributed by atoms with E-state index in [1.807, 2.05) is 0 Å². The predicted octanol–water partition coefficient (Wildman–Crippen LogP) is 0.331. The van der Waals surface area contributed by atoms with Crippen molar-refractivity contribution < 1.29 is 9.53 Å². The van der Waals surface area contributed by atoms with Gasteiger partial charge in [0.05, 0.1) is 6.61 Å². The average Bonchev–Trinajstić information content (AvgIpc) is 2.71. The summed E-state index contributed by atoms with van der Waals surface area (Å²) in [6.45, 7) is 1.90. The van der Waals surface area contributed by atoms with Crippen LogP contribution in [0.2, 0.25) is 0 Å². The zero-order valence-corrected chi connectivity index (χ0v) is 7.21. The molecule has 2 fully saturated rings. The van der Waals surface area contributed by atoms with E-state index in [0.29, 0.717) is 18.9 Å². The number of carbonyl (C=O) groups excluding carboxylic acids is 1. The molecule has 1 aliphatic carbocycles. The maximum atomic E-state index is 11.8. The summed E-state index contributed by atoms with van der Waals surface area (Å²) < 4.78 is 5.18. The first-order chi connectivity index (χ1) is 5.78. The van der Waals surface area contributed by atoms with Gasteiger partial charge in [0.1, 0.15) is 5.78 Å². The van der Waals surface area contributed by atoms with Crippen molar-refractivity contribution in [3.8, 4) is 0 Å². The van der Waals surface area contributed by atoms with Gasteiger partial charge in [0, 0.05) is 24.5 Å². The van der Waals surface area contributed by atoms with Gasteiger partial charge in [-0.05, 0) is 19.3 Å². The van der Waals surface area contributed by atoms with Crippen LogP contribution in [0.3, 0.4) is 0 Å². The Morgan fingerprint density at radius 3 is 2.75 bits per heavy atom. The minimum absolute atomic E-state index is 0.127. The Kier molecular flexibility index (Phi) is 1.93. The van der Waals surface area contributed by atoms with Crippen LogP contribution in [0.5, 0.6) is 0 Å². The van der Waals surface area contributed by atoms with Crippen molar-refractivity contribution in [2.45, 2.75) is 19.3 Å². The molecule has 0 bridgehead atoms. The molecule has 3 nitrogen and oxygen atoms in total. The predicted molar refractivity (Wildman–Crippen MR) is 44.7 cm³/mol. The summed E-state index contributed by atoms with van der Waals surface area (Å²) in [6.07, 6.45) is 2.90. The number of nitrogens with two attached hydrogens (primary N) is 1. The van der Waals surface area contributed by atoms with Crippen molar-refractivity contribution in [2.75, 3.05) is 19.8 Å². The molecule has 0 spiro atoms. The highest BCUT2D eigenvalue weighted by atomic mass is 16.5. The molecular weight excluding hydrogens is 154 g/mol. The van der Waals surface area contributed by atoms with E-state index in [1.54, 1.807) is 0 Å². The zero-order valence-electron chi connectivity index (χ0n) is 7.21. The highest BCUT2D eigenvalue weighted by Crippen LogP contribution is 2.47. The van der Waals surface area contributed by atoms with Crippen LogP contribution in [0.15, 0.2) is 0 Å². The third-order valence-corrected chi connectivity index (χ3v) is 3.07. The zero-order chi connectivity index (χ0) is 8.60. The topological polar surface area (TPSA) is 52.3 Å². The first kappa shape index (κ1) is 8.20. The molecular formula is C9H15NO2. The van der Waals surface area contributed by atoms with Gasteiger partial charge >= 0.3 is 0 Å². The lowest BCUT2D eigenvalue weighted by molar-refractivity contribution is -0.127. The lowest BCUT2D eigenvalue weighted by Gasteiger charge is -2.14. The number of ketones is 1. The molecule has 1 saturated heterocycles. The number of hydrogen-bond donors (Lipinski definition) is 1. The van der Waals surface area contributed by atoms with E-state index in [0.717, 1.165) is 25.9 Å². The molecule has 2 aliphatic rings. The molecule has 0 radical (unpaired) electrons. The van der Waals surface area contributed by atoms with Crippen molar-refractivity contribution in [3.63, 3.8) is 0 Å². The fourth-order valence-electron chi connectivity index (χ4n) is 1.88. The molecule has 68 valence electrons. The fourth-order valence-corrected chi connectivity index (χ4v) is 1.88. The van der Waals surface area contributed by atoms with E-state index in [9.17, 15) is 4.79 Å². The Morgan fingerprint density at radius 2 is 2.33 bits per heavy atom. The van der Waals surface area contributed by atoms with E-state index in [2.05, 4.69) is 0 Å². The van der Waals surface area contributed by atoms with Crippen molar-refractivity contribution in [1.82, 2.24) is 0 Å². The summed E-state index contributed by atoms with van der Waals surface area (Å²) >= 11 is 0. The molecule has 0 aromatic carbocycles. The quantitative estimate of drug-likeness (QED) is 0.662. The van der Waals surface area contributed by atoms with Gasteiger partial charge in [0.15, 0.2) is 0 Å². The third-order valence-electron chi connectivity index (χ3n) is 3.07. The van der Waals surface area contributed by atoms with Gasteiger partial charge in [-0.2, -0.15) is 0 Å². The minimum atomic E-state index is -0.127. The van der Waals surface area contributed by atoms with Crippen LogP contribution in [0.4, 0.5) is 0 Å². The molecule has 2 N–H and O–H groups in total. The van der Waals surface area contributed by atoms with Gasteiger partial charge in [-0.25, -0.2) is 0 Å². The molecule has 1 atom stereocenters. The maximum Gasteiger partial charge on any atom is 0.145 e. The first-order valence-corrected chi connectivity index (χ1v) is 4.61. The Bertz CT molecular complexity index is 193. The Morgan fingerprint density at radius 1 is 1.58 bits per heavy atom. The summed E-state index contributed by atoms with van der Waals surface area (Å²) in [6, 6.07) is 0. The second-order valence-corrected chi connectivity index (χ2v) is 3.91. The second kappa shape index (κ2) is 2.82. The van der Waals surface area contributed by atoms with Crippen LogP contribution in [0.25, 0.3) is 0 Å². The van der Waals surface area contributed by atoms with E-state index in [-0.39, 0.29) is 11.3 Å². The first-order valence-electron chi connectivity index (χ1n) is 4.61. The molecule has 12 heavy (non-hydrogen) atoms. The van der Waals surface area contributed by atoms with E-state index in [4.69, 9.17) is 10.5 Å². The van der Waals surface area contributed by atoms with Gasteiger partial charge in [-0.3, -0.25) is 4.79 Å². The van der Waals surface area contributed by atoms with Gasteiger partial charge < -0.3 is 10.5 Å². The van der Waals surface area contributed by atoms with Crippen LogP contribution in [-0.4, -0.2) is 25.5 Å². The van der Waals surface area contributed by atoms with E-state index in [1.165, 1.54) is 0 Å². The van der Waals surface area contributed by atoms with Gasteiger partial charge in [0.2, 0.25) is 0 Å². The number of ether oxygens (including phenoxy) is 1. The minimum Gasteiger partial charge on any atom is -0.381 e. The molecule has 0 amide bonds. The van der Waals surface area contributed by atoms with E-state index >= 15 is 0 Å². The molecule has 2 rings (SSSR count). The van der Waals surface area contributed by atoms with Gasteiger partial charge in [-0.1, -0.05) is 0 Å². The lowest BCUT2D eigenvalue weighted by Crippen LogP contribution is -2.31. The van der Waals surface area contributed by atoms with Crippen molar-refractivity contribution in [2.24, 2.45) is 17.1 Å². The average molecular weight is 169 g/mol. The van der Waals surface area contributed by atoms with Crippen molar-refractivity contribution >= 4 is 5.78 Å². The number of Topliss-reactive ketones (excluding diaryl/α,β-unsaturated/α-hetero) is 1. The fraction of sp³-hybridized carbons (Fsp3) is 0.889. The Hall–Kier alpha value is -0.410. The van der Waals surface area contributed by atoms with Crippen molar-refractivity contribution in [3.05, 3.63) is 0 Å². The summed E-state index contributed by atoms with van der Waals surface area (Å²) in [4.78, 5) is 11.8. The monoisotopic (exact) mass is 169 g/mol. The number of rotatable bonds is 3. The van der Waals surface area contributed by atoms with Crippen LogP contribution >= 0.6 is 0 Å². The smallest absolute Gasteiger partial charge is 0.145 e. The van der Waals surface area contributed by atoms with Crippen LogP contribution in [-0.2, 0) is 9.53 Å². The van der Waals surface area contributed by atoms with Crippen LogP contribution in [0, 0.1) is 11.3 Å². The van der Waals surface area contributed by atoms with E-state index < -0.39 is 0 Å². The molecule has 1 aliphatic heterocycles. The highest BCUT2D eigenvalue weighted by molar-refractivity contribution is 5.90. The maximum absolute atomic E-state index is 11.8. The van der Waals surface area contributed by atoms with Crippen LogP contribution < -0.4 is 5.73 Å². The van der Waals surface area contributed by atoms with Crippen LogP contribution in [0.1, 0.15) is 19.3 Å². The Balaban J connectivity index is 1.99. The summed E-state index contributed by atoms with van der Waals surface area (Å²) in [5.74, 6) is 0.513. The number of hydrogen-bond acceptors (Lipinski definition) is 3. The molecule has 1 heterocycles. The van der Waals surface area contributed by atoms with Gasteiger partial charge in [-0.15, -0.1) is 0 Å². The molecule has 3 heteroatoms. The third kappa shape index (κ3) is 1.17. The molecule has 1 saturated carbocycles. The summed E-state index contributed by atoms with van der Waals surface area (Å²) in [5, 5.41) is 0. The second-order valence-electron chi connectivity index (χ2n) is 3.91. The SMILES string of the molecule is NCC1(C(=O)C2CCOC2)CC1. The molecule has 0 aromatic heterocycles. The van der Waals surface area contributed by atoms with Gasteiger partial charge in [0.25, 0.3) is 0 Å². The standard InChI is InChI=1S/C9H15NO2/c10-6-9(2-3-9)8(11)7-1-4-12-5-7/h7H,1-6,10H2.